The van der Waals surface area contributed by atoms with Gasteiger partial charge in [0.15, 0.2) is 0 Å². The number of nitrogens with two attached hydrogens (primary N) is 1. The van der Waals surface area contributed by atoms with Crippen LogP contribution >= 0.6 is 0 Å². The van der Waals surface area contributed by atoms with Crippen molar-refractivity contribution >= 4 is 11.8 Å². The third-order valence-electron chi connectivity index (χ3n) is 2.42. The summed E-state index contributed by atoms with van der Waals surface area (Å²) in [6.45, 7) is -0.192. The van der Waals surface area contributed by atoms with Crippen molar-refractivity contribution in [3.05, 3.63) is 0 Å². The van der Waals surface area contributed by atoms with Crippen molar-refractivity contribution in [3.8, 4) is 0 Å². The van der Waals surface area contributed by atoms with E-state index in [4.69, 9.17) is 10.8 Å². The minimum atomic E-state index is -0.918. The second-order valence-corrected chi connectivity index (χ2v) is 3.47. The first-order valence-electron chi connectivity index (χ1n) is 4.71. The minimum absolute atomic E-state index is 0.192. The second kappa shape index (κ2) is 4.84. The lowest BCUT2D eigenvalue weighted by Gasteiger charge is -2.20. The molecule has 4 heteroatoms. The summed E-state index contributed by atoms with van der Waals surface area (Å²) < 4.78 is 0. The molecule has 0 bridgehead atoms. The number of hydrogen-bond acceptors (Lipinski definition) is 2. The molecular formula is C9H16N2O2. The maximum atomic E-state index is 10.2. The lowest BCUT2D eigenvalue weighted by Crippen LogP contribution is -2.26. The van der Waals surface area contributed by atoms with E-state index in [-0.39, 0.29) is 6.54 Å². The molecule has 74 valence electrons. The predicted octanol–water partition coefficient (Wildman–Crippen LogP) is 1.01. The van der Waals surface area contributed by atoms with Gasteiger partial charge in [-0.1, -0.05) is 19.3 Å². The lowest BCUT2D eigenvalue weighted by molar-refractivity contribution is -0.135. The summed E-state index contributed by atoms with van der Waals surface area (Å²) in [5, 5.41) is 8.40. The lowest BCUT2D eigenvalue weighted by atomic mass is 9.88. The highest BCUT2D eigenvalue weighted by Crippen LogP contribution is 2.23. The van der Waals surface area contributed by atoms with Gasteiger partial charge in [-0.15, -0.1) is 0 Å². The van der Waals surface area contributed by atoms with E-state index in [2.05, 4.69) is 4.99 Å². The fraction of sp³-hybridized carbons (Fsp3) is 0.778. The summed E-state index contributed by atoms with van der Waals surface area (Å²) in [6, 6.07) is 0. The number of aliphatic imine (C=N–C) groups is 1. The topological polar surface area (TPSA) is 75.7 Å². The first-order chi connectivity index (χ1) is 6.20. The summed E-state index contributed by atoms with van der Waals surface area (Å²) in [5.74, 6) is -0.0611. The molecule has 0 heterocycles. The van der Waals surface area contributed by atoms with E-state index in [1.807, 2.05) is 0 Å². The molecule has 1 fully saturated rings. The number of amidine groups is 1. The molecule has 0 aromatic carbocycles. The standard InChI is InChI=1S/C9H16N2O2/c10-9(11-6-8(12)13)7-4-2-1-3-5-7/h7H,1-6H2,(H2,10,11)(H,12,13). The molecule has 1 saturated carbocycles. The van der Waals surface area contributed by atoms with Gasteiger partial charge in [0, 0.05) is 5.92 Å². The molecular weight excluding hydrogens is 168 g/mol. The minimum Gasteiger partial charge on any atom is -0.480 e. The van der Waals surface area contributed by atoms with E-state index in [0.29, 0.717) is 11.8 Å². The normalized spacial score (nSPS) is 20.2. The smallest absolute Gasteiger partial charge is 0.325 e. The van der Waals surface area contributed by atoms with Gasteiger partial charge < -0.3 is 10.8 Å². The van der Waals surface area contributed by atoms with Crippen LogP contribution in [-0.2, 0) is 4.79 Å². The number of carboxylic acids is 1. The van der Waals surface area contributed by atoms with E-state index in [1.54, 1.807) is 0 Å². The van der Waals surface area contributed by atoms with Crippen molar-refractivity contribution in [3.63, 3.8) is 0 Å². The van der Waals surface area contributed by atoms with E-state index in [9.17, 15) is 4.79 Å². The van der Waals surface area contributed by atoms with Gasteiger partial charge in [0.25, 0.3) is 0 Å². The highest BCUT2D eigenvalue weighted by Gasteiger charge is 2.16. The molecule has 0 radical (unpaired) electrons. The average molecular weight is 184 g/mol. The quantitative estimate of drug-likeness (QED) is 0.507. The van der Waals surface area contributed by atoms with Gasteiger partial charge in [0.05, 0.1) is 5.84 Å². The first kappa shape index (κ1) is 10.0. The monoisotopic (exact) mass is 184 g/mol. The molecule has 0 aromatic heterocycles. The van der Waals surface area contributed by atoms with Crippen LogP contribution in [-0.4, -0.2) is 23.5 Å². The van der Waals surface area contributed by atoms with Crippen molar-refractivity contribution in [2.75, 3.05) is 6.54 Å². The van der Waals surface area contributed by atoms with Gasteiger partial charge >= 0.3 is 5.97 Å². The van der Waals surface area contributed by atoms with Crippen LogP contribution in [0.4, 0.5) is 0 Å². The van der Waals surface area contributed by atoms with Crippen LogP contribution in [0.25, 0.3) is 0 Å². The van der Waals surface area contributed by atoms with Crippen molar-refractivity contribution < 1.29 is 9.90 Å². The Balaban J connectivity index is 2.39. The van der Waals surface area contributed by atoms with E-state index >= 15 is 0 Å². The van der Waals surface area contributed by atoms with Gasteiger partial charge in [-0.3, -0.25) is 9.79 Å². The summed E-state index contributed by atoms with van der Waals surface area (Å²) in [6.07, 6.45) is 5.77. The fourth-order valence-electron chi connectivity index (χ4n) is 1.69. The Morgan fingerprint density at radius 1 is 1.38 bits per heavy atom. The maximum absolute atomic E-state index is 10.2. The molecule has 1 rings (SSSR count). The van der Waals surface area contributed by atoms with Crippen LogP contribution in [0.1, 0.15) is 32.1 Å². The fourth-order valence-corrected chi connectivity index (χ4v) is 1.69. The number of rotatable bonds is 3. The van der Waals surface area contributed by atoms with Gasteiger partial charge in [-0.05, 0) is 12.8 Å². The molecule has 0 unspecified atom stereocenters. The molecule has 4 nitrogen and oxygen atoms in total. The Kier molecular flexibility index (Phi) is 3.73. The third kappa shape index (κ3) is 3.44. The van der Waals surface area contributed by atoms with Crippen LogP contribution in [0.3, 0.4) is 0 Å². The van der Waals surface area contributed by atoms with Crippen LogP contribution < -0.4 is 5.73 Å². The summed E-state index contributed by atoms with van der Waals surface area (Å²) in [5.41, 5.74) is 5.68. The molecule has 0 spiro atoms. The second-order valence-electron chi connectivity index (χ2n) is 3.47. The zero-order chi connectivity index (χ0) is 9.68. The largest absolute Gasteiger partial charge is 0.480 e. The number of aliphatic carboxylic acids is 1. The zero-order valence-electron chi connectivity index (χ0n) is 7.70. The van der Waals surface area contributed by atoms with Crippen molar-refractivity contribution in [2.45, 2.75) is 32.1 Å². The van der Waals surface area contributed by atoms with Crippen LogP contribution in [0.5, 0.6) is 0 Å². The molecule has 13 heavy (non-hydrogen) atoms. The molecule has 0 amide bonds. The summed E-state index contributed by atoms with van der Waals surface area (Å²) >= 11 is 0. The maximum Gasteiger partial charge on any atom is 0.325 e. The Morgan fingerprint density at radius 3 is 2.54 bits per heavy atom. The highest BCUT2D eigenvalue weighted by molar-refractivity contribution is 5.85. The summed E-state index contributed by atoms with van der Waals surface area (Å²) in [7, 11) is 0. The van der Waals surface area contributed by atoms with Crippen molar-refractivity contribution in [1.82, 2.24) is 0 Å². The zero-order valence-corrected chi connectivity index (χ0v) is 7.70. The molecule has 1 aliphatic carbocycles. The Hall–Kier alpha value is -1.06. The number of hydrogen-bond donors (Lipinski definition) is 2. The molecule has 0 atom stereocenters. The van der Waals surface area contributed by atoms with Crippen molar-refractivity contribution in [2.24, 2.45) is 16.6 Å². The van der Waals surface area contributed by atoms with Crippen molar-refractivity contribution in [1.29, 1.82) is 0 Å². The SMILES string of the molecule is NC(=NCC(=O)O)C1CCCCC1. The van der Waals surface area contributed by atoms with Gasteiger partial charge in [-0.2, -0.15) is 0 Å². The Bertz CT molecular complexity index is 208. The Labute approximate surface area is 77.8 Å². The highest BCUT2D eigenvalue weighted by atomic mass is 16.4. The summed E-state index contributed by atoms with van der Waals surface area (Å²) in [4.78, 5) is 14.1. The molecule has 0 aromatic rings. The van der Waals surface area contributed by atoms with E-state index in [1.165, 1.54) is 19.3 Å². The van der Waals surface area contributed by atoms with E-state index < -0.39 is 5.97 Å². The van der Waals surface area contributed by atoms with Gasteiger partial charge in [0.2, 0.25) is 0 Å². The molecule has 1 aliphatic rings. The third-order valence-corrected chi connectivity index (χ3v) is 2.42. The molecule has 3 N–H and O–H groups in total. The number of nitrogens with zero attached hydrogens (tertiary/aromatic N) is 1. The Morgan fingerprint density at radius 2 is 2.00 bits per heavy atom. The van der Waals surface area contributed by atoms with Crippen LogP contribution in [0, 0.1) is 5.92 Å². The van der Waals surface area contributed by atoms with E-state index in [0.717, 1.165) is 12.8 Å². The number of carboxylic acid groups (broad SMARTS) is 1. The van der Waals surface area contributed by atoms with Gasteiger partial charge in [-0.25, -0.2) is 0 Å². The predicted molar refractivity (Wildman–Crippen MR) is 50.7 cm³/mol. The van der Waals surface area contributed by atoms with Gasteiger partial charge in [0.1, 0.15) is 6.54 Å². The van der Waals surface area contributed by atoms with Crippen LogP contribution in [0.2, 0.25) is 0 Å². The van der Waals surface area contributed by atoms with Crippen LogP contribution in [0.15, 0.2) is 4.99 Å². The number of carbonyl (C=O) groups is 1. The molecule has 0 aliphatic heterocycles. The first-order valence-corrected chi connectivity index (χ1v) is 4.71. The molecule has 0 saturated heterocycles. The average Bonchev–Trinajstić information content (AvgIpc) is 2.15.